The first kappa shape index (κ1) is 20.6. The molecule has 0 saturated carbocycles. The molecule has 8 heteroatoms. The fourth-order valence-electron chi connectivity index (χ4n) is 2.90. The number of halogens is 4. The Labute approximate surface area is 153 Å². The van der Waals surface area contributed by atoms with Crippen LogP contribution in [0.5, 0.6) is 0 Å². The van der Waals surface area contributed by atoms with E-state index >= 15 is 0 Å². The van der Waals surface area contributed by atoms with Crippen LogP contribution in [-0.2, 0) is 9.59 Å². The molecule has 0 aliphatic heterocycles. The molecule has 0 fully saturated rings. The lowest BCUT2D eigenvalue weighted by molar-refractivity contribution is -0.130. The van der Waals surface area contributed by atoms with Crippen LogP contribution in [0, 0.1) is 29.2 Å². The Kier molecular flexibility index (Phi) is 6.68. The third kappa shape index (κ3) is 4.91. The minimum absolute atomic E-state index is 0.0478. The van der Waals surface area contributed by atoms with E-state index in [-0.39, 0.29) is 12.1 Å². The van der Waals surface area contributed by atoms with Crippen molar-refractivity contribution >= 4 is 17.4 Å². The lowest BCUT2D eigenvalue weighted by Crippen LogP contribution is -2.37. The van der Waals surface area contributed by atoms with Crippen molar-refractivity contribution in [1.29, 1.82) is 0 Å². The number of hydrogen-bond donors (Lipinski definition) is 2. The van der Waals surface area contributed by atoms with E-state index in [1.54, 1.807) is 7.05 Å². The SMILES string of the molecule is CNCC(c1cc(F)cc(F)c1)C(C(C)=O)C(=O)Nc1cccc(F)c1F. The summed E-state index contributed by atoms with van der Waals surface area (Å²) in [4.78, 5) is 24.8. The molecule has 2 aromatic carbocycles. The zero-order valence-electron chi connectivity index (χ0n) is 14.7. The molecule has 0 saturated heterocycles. The quantitative estimate of drug-likeness (QED) is 0.570. The molecular weight excluding hydrogens is 364 g/mol. The summed E-state index contributed by atoms with van der Waals surface area (Å²) in [7, 11) is 1.55. The monoisotopic (exact) mass is 382 g/mol. The molecule has 2 N–H and O–H groups in total. The molecule has 144 valence electrons. The number of anilines is 1. The fraction of sp³-hybridized carbons (Fsp3) is 0.263. The highest BCUT2D eigenvalue weighted by Gasteiger charge is 2.34. The molecule has 0 aromatic heterocycles. The van der Waals surface area contributed by atoms with Gasteiger partial charge >= 0.3 is 0 Å². The van der Waals surface area contributed by atoms with Gasteiger partial charge in [0.2, 0.25) is 5.91 Å². The molecule has 2 rings (SSSR count). The highest BCUT2D eigenvalue weighted by molar-refractivity contribution is 6.07. The Bertz CT molecular complexity index is 837. The first-order valence-electron chi connectivity index (χ1n) is 8.10. The minimum atomic E-state index is -1.37. The number of nitrogens with one attached hydrogen (secondary N) is 2. The summed E-state index contributed by atoms with van der Waals surface area (Å²) in [6.07, 6.45) is 0. The lowest BCUT2D eigenvalue weighted by atomic mass is 9.82. The number of benzene rings is 2. The van der Waals surface area contributed by atoms with E-state index in [0.717, 1.165) is 31.2 Å². The predicted octanol–water partition coefficient (Wildman–Crippen LogP) is 3.39. The first-order chi connectivity index (χ1) is 12.7. The van der Waals surface area contributed by atoms with Gasteiger partial charge in [0, 0.05) is 18.5 Å². The van der Waals surface area contributed by atoms with Gasteiger partial charge in [0.05, 0.1) is 5.69 Å². The molecule has 4 nitrogen and oxygen atoms in total. The van der Waals surface area contributed by atoms with Crippen LogP contribution < -0.4 is 10.6 Å². The van der Waals surface area contributed by atoms with Crippen LogP contribution >= 0.6 is 0 Å². The maximum absolute atomic E-state index is 13.8. The topological polar surface area (TPSA) is 58.2 Å². The van der Waals surface area contributed by atoms with Crippen molar-refractivity contribution < 1.29 is 27.2 Å². The summed E-state index contributed by atoms with van der Waals surface area (Å²) in [5.74, 6) is -7.93. The number of carbonyl (C=O) groups is 2. The normalized spacial score (nSPS) is 13.1. The molecule has 0 heterocycles. The van der Waals surface area contributed by atoms with Crippen molar-refractivity contribution in [3.8, 4) is 0 Å². The molecule has 2 atom stereocenters. The number of amides is 1. The number of hydrogen-bond acceptors (Lipinski definition) is 3. The summed E-state index contributed by atoms with van der Waals surface area (Å²) in [6.45, 7) is 1.19. The van der Waals surface area contributed by atoms with Gasteiger partial charge in [-0.25, -0.2) is 17.6 Å². The Balaban J connectivity index is 2.41. The van der Waals surface area contributed by atoms with Gasteiger partial charge in [0.1, 0.15) is 23.3 Å². The van der Waals surface area contributed by atoms with Crippen molar-refractivity contribution in [3.05, 3.63) is 65.2 Å². The van der Waals surface area contributed by atoms with E-state index in [9.17, 15) is 27.2 Å². The maximum Gasteiger partial charge on any atom is 0.235 e. The third-order valence-electron chi connectivity index (χ3n) is 4.07. The van der Waals surface area contributed by atoms with Crippen molar-refractivity contribution in [2.75, 3.05) is 18.9 Å². The van der Waals surface area contributed by atoms with Gasteiger partial charge < -0.3 is 10.6 Å². The highest BCUT2D eigenvalue weighted by atomic mass is 19.2. The second-order valence-electron chi connectivity index (χ2n) is 6.05. The number of carbonyl (C=O) groups excluding carboxylic acids is 2. The Hall–Kier alpha value is -2.74. The van der Waals surface area contributed by atoms with Crippen LogP contribution in [0.4, 0.5) is 23.2 Å². The van der Waals surface area contributed by atoms with Crippen LogP contribution in [0.15, 0.2) is 36.4 Å². The fourth-order valence-corrected chi connectivity index (χ4v) is 2.90. The van der Waals surface area contributed by atoms with Crippen molar-refractivity contribution in [2.24, 2.45) is 5.92 Å². The molecule has 0 aliphatic rings. The largest absolute Gasteiger partial charge is 0.323 e. The maximum atomic E-state index is 13.8. The Morgan fingerprint density at radius 2 is 1.67 bits per heavy atom. The summed E-state index contributed by atoms with van der Waals surface area (Å²) < 4.78 is 54.4. The van der Waals surface area contributed by atoms with Crippen molar-refractivity contribution in [1.82, 2.24) is 5.32 Å². The van der Waals surface area contributed by atoms with Crippen LogP contribution in [-0.4, -0.2) is 25.3 Å². The van der Waals surface area contributed by atoms with Gasteiger partial charge in [-0.15, -0.1) is 0 Å². The van der Waals surface area contributed by atoms with Crippen LogP contribution in [0.3, 0.4) is 0 Å². The van der Waals surface area contributed by atoms with Gasteiger partial charge in [-0.1, -0.05) is 6.07 Å². The predicted molar refractivity (Wildman–Crippen MR) is 92.2 cm³/mol. The molecule has 1 amide bonds. The van der Waals surface area contributed by atoms with Gasteiger partial charge in [0.15, 0.2) is 11.6 Å². The molecular formula is C19H18F4N2O2. The van der Waals surface area contributed by atoms with Crippen LogP contribution in [0.1, 0.15) is 18.4 Å². The first-order valence-corrected chi connectivity index (χ1v) is 8.10. The Morgan fingerprint density at radius 3 is 2.22 bits per heavy atom. The molecule has 0 spiro atoms. The van der Waals surface area contributed by atoms with E-state index in [2.05, 4.69) is 10.6 Å². The van der Waals surface area contributed by atoms with Crippen LogP contribution in [0.25, 0.3) is 0 Å². The van der Waals surface area contributed by atoms with Gasteiger partial charge in [-0.05, 0) is 43.8 Å². The van der Waals surface area contributed by atoms with E-state index in [1.807, 2.05) is 0 Å². The van der Waals surface area contributed by atoms with Gasteiger partial charge in [0.25, 0.3) is 0 Å². The summed E-state index contributed by atoms with van der Waals surface area (Å²) in [5, 5.41) is 4.95. The standard InChI is InChI=1S/C19H18F4N2O2/c1-10(26)17(19(27)25-16-5-3-4-15(22)18(16)23)14(9-24-2)11-6-12(20)8-13(21)7-11/h3-8,14,17,24H,9H2,1-2H3,(H,25,27). The average Bonchev–Trinajstić information content (AvgIpc) is 2.57. The number of ketones is 1. The summed E-state index contributed by atoms with van der Waals surface area (Å²) in [6, 6.07) is 5.94. The average molecular weight is 382 g/mol. The minimum Gasteiger partial charge on any atom is -0.323 e. The van der Waals surface area contributed by atoms with Gasteiger partial charge in [-0.3, -0.25) is 9.59 Å². The second-order valence-corrected chi connectivity index (χ2v) is 6.05. The molecule has 0 radical (unpaired) electrons. The molecule has 0 aliphatic carbocycles. The van der Waals surface area contributed by atoms with Gasteiger partial charge in [-0.2, -0.15) is 0 Å². The molecule has 2 aromatic rings. The summed E-state index contributed by atoms with van der Waals surface area (Å²) in [5.41, 5.74) is -0.336. The highest BCUT2D eigenvalue weighted by Crippen LogP contribution is 2.28. The molecule has 27 heavy (non-hydrogen) atoms. The second kappa shape index (κ2) is 8.77. The number of likely N-dealkylation sites (N-methyl/N-ethyl adjacent to an activating group) is 1. The molecule has 0 bridgehead atoms. The van der Waals surface area contributed by atoms with Crippen molar-refractivity contribution in [2.45, 2.75) is 12.8 Å². The van der Waals surface area contributed by atoms with E-state index in [4.69, 9.17) is 0 Å². The van der Waals surface area contributed by atoms with E-state index in [0.29, 0.717) is 6.07 Å². The smallest absolute Gasteiger partial charge is 0.235 e. The molecule has 2 unspecified atom stereocenters. The lowest BCUT2D eigenvalue weighted by Gasteiger charge is -2.25. The Morgan fingerprint density at radius 1 is 1.04 bits per heavy atom. The van der Waals surface area contributed by atoms with Crippen molar-refractivity contribution in [3.63, 3.8) is 0 Å². The zero-order chi connectivity index (χ0) is 20.1. The number of Topliss-reactive ketones (excluding diaryl/α,β-unsaturated/α-hetero) is 1. The number of rotatable bonds is 7. The van der Waals surface area contributed by atoms with Crippen LogP contribution in [0.2, 0.25) is 0 Å². The van der Waals surface area contributed by atoms with E-state index < -0.39 is 52.5 Å². The third-order valence-corrected chi connectivity index (χ3v) is 4.07. The summed E-state index contributed by atoms with van der Waals surface area (Å²) >= 11 is 0. The van der Waals surface area contributed by atoms with E-state index in [1.165, 1.54) is 6.07 Å². The zero-order valence-corrected chi connectivity index (χ0v) is 14.7.